The fourth-order valence-electron chi connectivity index (χ4n) is 7.53. The third-order valence-electron chi connectivity index (χ3n) is 8.61. The van der Waals surface area contributed by atoms with Crippen LogP contribution in [-0.2, 0) is 15.9 Å². The van der Waals surface area contributed by atoms with E-state index in [9.17, 15) is 0 Å². The highest BCUT2D eigenvalue weighted by Crippen LogP contribution is 2.73. The standard InChI is InChI=1S/C32H24O/c1-3-11-22(12-4-1)31-27-17-9-10-18-28(27)32(33-31,23-13-5-2-6-14-23)30-26-19-21(20-29(30)31)24-15-7-8-16-25(24)26/h1-18,21,26H,19-20H2/t21-,26-,31-,32+/m0/s1. The van der Waals surface area contributed by atoms with Gasteiger partial charge in [-0.05, 0) is 63.3 Å². The van der Waals surface area contributed by atoms with Crippen LogP contribution in [-0.4, -0.2) is 0 Å². The van der Waals surface area contributed by atoms with Crippen molar-refractivity contribution in [2.45, 2.75) is 35.9 Å². The van der Waals surface area contributed by atoms with Gasteiger partial charge in [-0.25, -0.2) is 0 Å². The minimum Gasteiger partial charge on any atom is -0.341 e. The predicted molar refractivity (Wildman–Crippen MR) is 130 cm³/mol. The van der Waals surface area contributed by atoms with Crippen molar-refractivity contribution in [3.63, 3.8) is 0 Å². The molecule has 0 saturated heterocycles. The second-order valence-electron chi connectivity index (χ2n) is 9.95. The fraction of sp³-hybridized carbons (Fsp3) is 0.188. The number of fused-ring (bicyclic) bond motifs is 13. The summed E-state index contributed by atoms with van der Waals surface area (Å²) in [6.45, 7) is 0. The van der Waals surface area contributed by atoms with Crippen LogP contribution in [0.5, 0.6) is 0 Å². The molecule has 4 aliphatic rings. The zero-order chi connectivity index (χ0) is 21.6. The average Bonchev–Trinajstić information content (AvgIpc) is 3.49. The summed E-state index contributed by atoms with van der Waals surface area (Å²) in [6, 6.07) is 40.0. The molecule has 2 heterocycles. The van der Waals surface area contributed by atoms with Crippen LogP contribution in [0.25, 0.3) is 0 Å². The maximum atomic E-state index is 7.53. The Morgan fingerprint density at radius 3 is 1.82 bits per heavy atom. The van der Waals surface area contributed by atoms with Gasteiger partial charge in [0.05, 0.1) is 0 Å². The molecular formula is C32H24O. The topological polar surface area (TPSA) is 9.23 Å². The quantitative estimate of drug-likeness (QED) is 0.310. The Morgan fingerprint density at radius 2 is 1.12 bits per heavy atom. The van der Waals surface area contributed by atoms with Crippen molar-refractivity contribution in [1.82, 2.24) is 0 Å². The summed E-state index contributed by atoms with van der Waals surface area (Å²) < 4.78 is 7.53. The van der Waals surface area contributed by atoms with Gasteiger partial charge in [-0.15, -0.1) is 0 Å². The normalized spacial score (nSPS) is 30.2. The SMILES string of the molecule is c1ccc([C@]23O[C@](c4ccccc4)(C4=C2[C@H]2C[C@@H](C4)c4ccccc42)c2ccccc23)cc1. The second-order valence-corrected chi connectivity index (χ2v) is 9.95. The van der Waals surface area contributed by atoms with Crippen LogP contribution in [0.15, 0.2) is 120 Å². The van der Waals surface area contributed by atoms with Crippen molar-refractivity contribution in [3.05, 3.63) is 154 Å². The van der Waals surface area contributed by atoms with Crippen LogP contribution in [0, 0.1) is 0 Å². The van der Waals surface area contributed by atoms with E-state index in [1.165, 1.54) is 45.4 Å². The first-order valence-corrected chi connectivity index (χ1v) is 12.1. The zero-order valence-corrected chi connectivity index (χ0v) is 18.4. The Bertz CT molecular complexity index is 1450. The van der Waals surface area contributed by atoms with Gasteiger partial charge in [0.15, 0.2) is 0 Å². The first kappa shape index (κ1) is 18.1. The summed E-state index contributed by atoms with van der Waals surface area (Å²) in [5.74, 6) is 0.988. The monoisotopic (exact) mass is 424 g/mol. The minimum absolute atomic E-state index is 0.411. The molecule has 0 radical (unpaired) electrons. The molecule has 158 valence electrons. The fourth-order valence-corrected chi connectivity index (χ4v) is 7.53. The van der Waals surface area contributed by atoms with Crippen molar-refractivity contribution in [2.24, 2.45) is 0 Å². The molecule has 0 N–H and O–H groups in total. The summed E-state index contributed by atoms with van der Waals surface area (Å²) in [5, 5.41) is 0. The van der Waals surface area contributed by atoms with E-state index in [2.05, 4.69) is 109 Å². The highest BCUT2D eigenvalue weighted by Gasteiger charge is 2.68. The van der Waals surface area contributed by atoms with Gasteiger partial charge in [-0.2, -0.15) is 0 Å². The van der Waals surface area contributed by atoms with Crippen molar-refractivity contribution in [1.29, 1.82) is 0 Å². The third kappa shape index (κ3) is 2.00. The molecule has 33 heavy (non-hydrogen) atoms. The van der Waals surface area contributed by atoms with Gasteiger partial charge in [-0.3, -0.25) is 0 Å². The van der Waals surface area contributed by atoms with Gasteiger partial charge in [0.2, 0.25) is 0 Å². The van der Waals surface area contributed by atoms with Gasteiger partial charge in [-0.1, -0.05) is 109 Å². The summed E-state index contributed by atoms with van der Waals surface area (Å²) in [7, 11) is 0. The summed E-state index contributed by atoms with van der Waals surface area (Å²) in [4.78, 5) is 0. The highest BCUT2D eigenvalue weighted by atomic mass is 16.5. The van der Waals surface area contributed by atoms with Crippen molar-refractivity contribution < 1.29 is 4.74 Å². The largest absolute Gasteiger partial charge is 0.341 e. The number of ether oxygens (including phenoxy) is 1. The van der Waals surface area contributed by atoms with Crippen molar-refractivity contribution >= 4 is 0 Å². The van der Waals surface area contributed by atoms with Gasteiger partial charge >= 0.3 is 0 Å². The maximum absolute atomic E-state index is 7.53. The van der Waals surface area contributed by atoms with Crippen LogP contribution in [0.1, 0.15) is 58.1 Å². The molecule has 0 aromatic heterocycles. The average molecular weight is 425 g/mol. The van der Waals surface area contributed by atoms with E-state index >= 15 is 0 Å². The van der Waals surface area contributed by atoms with E-state index in [-0.39, 0.29) is 0 Å². The smallest absolute Gasteiger partial charge is 0.143 e. The summed E-state index contributed by atoms with van der Waals surface area (Å²) >= 11 is 0. The minimum atomic E-state index is -0.532. The lowest BCUT2D eigenvalue weighted by atomic mass is 9.61. The van der Waals surface area contributed by atoms with Crippen LogP contribution >= 0.6 is 0 Å². The van der Waals surface area contributed by atoms with Gasteiger partial charge in [0.1, 0.15) is 11.2 Å². The second kappa shape index (κ2) is 6.12. The molecule has 4 bridgehead atoms. The molecule has 1 nitrogen and oxygen atoms in total. The summed E-state index contributed by atoms with van der Waals surface area (Å²) in [5.41, 5.74) is 10.2. The lowest BCUT2D eigenvalue weighted by molar-refractivity contribution is -0.0342. The lowest BCUT2D eigenvalue weighted by Gasteiger charge is -2.38. The Labute approximate surface area is 194 Å². The van der Waals surface area contributed by atoms with Crippen LogP contribution in [0.3, 0.4) is 0 Å². The number of hydrogen-bond donors (Lipinski definition) is 0. The molecule has 0 amide bonds. The Hall–Kier alpha value is -3.42. The van der Waals surface area contributed by atoms with Crippen LogP contribution in [0.4, 0.5) is 0 Å². The van der Waals surface area contributed by atoms with Crippen molar-refractivity contribution in [3.8, 4) is 0 Å². The molecule has 1 heteroatoms. The van der Waals surface area contributed by atoms with Gasteiger partial charge in [0.25, 0.3) is 0 Å². The number of rotatable bonds is 2. The molecule has 4 aromatic rings. The first-order chi connectivity index (χ1) is 16.3. The molecule has 0 spiro atoms. The molecular weight excluding hydrogens is 400 g/mol. The van der Waals surface area contributed by atoms with Crippen LogP contribution in [0.2, 0.25) is 0 Å². The predicted octanol–water partition coefficient (Wildman–Crippen LogP) is 7.19. The van der Waals surface area contributed by atoms with Crippen molar-refractivity contribution in [2.75, 3.05) is 0 Å². The summed E-state index contributed by atoms with van der Waals surface area (Å²) in [6.07, 6.45) is 2.27. The molecule has 2 aliphatic carbocycles. The van der Waals surface area contributed by atoms with E-state index < -0.39 is 11.2 Å². The molecule has 4 aromatic carbocycles. The molecule has 2 aliphatic heterocycles. The molecule has 0 fully saturated rings. The number of hydrogen-bond acceptors (Lipinski definition) is 1. The van der Waals surface area contributed by atoms with E-state index in [1.54, 1.807) is 5.56 Å². The van der Waals surface area contributed by atoms with Gasteiger partial charge in [0, 0.05) is 5.92 Å². The third-order valence-corrected chi connectivity index (χ3v) is 8.61. The molecule has 0 unspecified atom stereocenters. The highest BCUT2D eigenvalue weighted by molar-refractivity contribution is 5.71. The molecule has 0 saturated carbocycles. The number of benzene rings is 4. The maximum Gasteiger partial charge on any atom is 0.143 e. The first-order valence-electron chi connectivity index (χ1n) is 12.1. The van der Waals surface area contributed by atoms with Crippen LogP contribution < -0.4 is 0 Å². The Kier molecular flexibility index (Phi) is 3.35. The molecule has 8 rings (SSSR count). The van der Waals surface area contributed by atoms with Gasteiger partial charge < -0.3 is 4.74 Å². The van der Waals surface area contributed by atoms with E-state index in [4.69, 9.17) is 4.74 Å². The van der Waals surface area contributed by atoms with E-state index in [1.807, 2.05) is 0 Å². The van der Waals surface area contributed by atoms with E-state index in [0.717, 1.165) is 6.42 Å². The zero-order valence-electron chi connectivity index (χ0n) is 18.4. The Balaban J connectivity index is 1.51. The Morgan fingerprint density at radius 1 is 0.576 bits per heavy atom. The van der Waals surface area contributed by atoms with E-state index in [0.29, 0.717) is 11.8 Å². The molecule has 4 atom stereocenters. The lowest BCUT2D eigenvalue weighted by Crippen LogP contribution is -2.32.